The molecule has 1 fully saturated rings. The number of hydrogen-bond acceptors (Lipinski definition) is 7. The molecule has 14 heteroatoms. The maximum atomic E-state index is 12.1. The lowest BCUT2D eigenvalue weighted by molar-refractivity contribution is -0.137. The summed E-state index contributed by atoms with van der Waals surface area (Å²) in [5.41, 5.74) is 5.54. The highest BCUT2D eigenvalue weighted by Gasteiger charge is 2.26. The molecule has 1 aliphatic carbocycles. The predicted octanol–water partition coefficient (Wildman–Crippen LogP) is 4.78. The van der Waals surface area contributed by atoms with Crippen LogP contribution in [0.5, 0.6) is 0 Å². The Kier molecular flexibility index (Phi) is 14.7. The highest BCUT2D eigenvalue weighted by molar-refractivity contribution is 7.76. The van der Waals surface area contributed by atoms with E-state index in [1.165, 1.54) is 0 Å². The molecule has 2 heterocycles. The van der Waals surface area contributed by atoms with Crippen molar-refractivity contribution in [3.8, 4) is 0 Å². The monoisotopic (exact) mass is 663 g/mol. The van der Waals surface area contributed by atoms with Crippen LogP contribution in [0.4, 0.5) is 0 Å². The van der Waals surface area contributed by atoms with Gasteiger partial charge in [-0.05, 0) is 60.7 Å². The number of pyridine rings is 1. The first-order valence-electron chi connectivity index (χ1n) is 13.8. The Balaban J connectivity index is 0.000000189. The van der Waals surface area contributed by atoms with Crippen molar-refractivity contribution in [1.82, 2.24) is 20.1 Å². The van der Waals surface area contributed by atoms with Gasteiger partial charge in [0.25, 0.3) is 5.91 Å². The van der Waals surface area contributed by atoms with E-state index in [1.54, 1.807) is 18.3 Å². The van der Waals surface area contributed by atoms with Crippen LogP contribution in [0.15, 0.2) is 66.9 Å². The zero-order chi connectivity index (χ0) is 31.9. The number of hydroxylamine groups is 1. The number of aromatic nitrogens is 1. The van der Waals surface area contributed by atoms with Gasteiger partial charge in [0.1, 0.15) is 13.2 Å². The zero-order valence-electron chi connectivity index (χ0n) is 23.7. The fraction of sp³-hybridized carbons (Fsp3) is 0.333. The molecule has 11 nitrogen and oxygen atoms in total. The van der Waals surface area contributed by atoms with Gasteiger partial charge >= 0.3 is 5.97 Å². The Labute approximate surface area is 268 Å². The van der Waals surface area contributed by atoms with E-state index in [2.05, 4.69) is 20.6 Å². The van der Waals surface area contributed by atoms with Gasteiger partial charge in [-0.1, -0.05) is 72.8 Å². The van der Waals surface area contributed by atoms with Crippen molar-refractivity contribution in [2.45, 2.75) is 57.2 Å². The first-order valence-corrected chi connectivity index (χ1v) is 15.6. The number of carbonyl (C=O) groups is 3. The molecule has 2 atom stereocenters. The molecular weight excluding hydrogens is 631 g/mol. The molecular formula is C30H33Cl2N4O7S-. The number of fused-ring (bicyclic) bond motifs is 1. The van der Waals surface area contributed by atoms with Crippen LogP contribution >= 0.6 is 23.2 Å². The molecule has 3 aromatic rings. The fourth-order valence-electron chi connectivity index (χ4n) is 4.84. The Morgan fingerprint density at radius 1 is 1.14 bits per heavy atom. The molecule has 0 bridgehead atoms. The van der Waals surface area contributed by atoms with E-state index in [0.29, 0.717) is 23.1 Å². The maximum Gasteiger partial charge on any atom is 0.318 e. The number of carboxylic acid groups (broad SMARTS) is 1. The Hall–Kier alpha value is -3.39. The van der Waals surface area contributed by atoms with Crippen molar-refractivity contribution in [3.05, 3.63) is 99.3 Å². The van der Waals surface area contributed by atoms with Gasteiger partial charge in [-0.15, -0.1) is 0 Å². The van der Waals surface area contributed by atoms with Crippen molar-refractivity contribution in [2.24, 2.45) is 0 Å². The fourth-order valence-corrected chi connectivity index (χ4v) is 6.05. The SMILES string of the molecule is O=C(O)CN(C1CCCCC1)S(=O)[O-].O=C1N[C@@H](c2ccc(Cl)cc2Cl)Cc2ccccc21.O=CNOCc1ccccn1. The summed E-state index contributed by atoms with van der Waals surface area (Å²) in [7, 11) is 0. The number of carboxylic acids is 1. The molecule has 1 unspecified atom stereocenters. The minimum Gasteiger partial charge on any atom is -0.760 e. The summed E-state index contributed by atoms with van der Waals surface area (Å²) >= 11 is 9.68. The second-order valence-corrected chi connectivity index (χ2v) is 11.6. The van der Waals surface area contributed by atoms with Crippen LogP contribution in [-0.2, 0) is 38.7 Å². The van der Waals surface area contributed by atoms with E-state index in [0.717, 1.165) is 65.2 Å². The Morgan fingerprint density at radius 3 is 2.50 bits per heavy atom. The van der Waals surface area contributed by atoms with Crippen LogP contribution in [0.2, 0.25) is 10.0 Å². The van der Waals surface area contributed by atoms with Gasteiger partial charge in [0.15, 0.2) is 0 Å². The van der Waals surface area contributed by atoms with Crippen molar-refractivity contribution in [2.75, 3.05) is 6.54 Å². The third kappa shape index (κ3) is 11.3. The summed E-state index contributed by atoms with van der Waals surface area (Å²) in [6, 6.07) is 18.2. The summed E-state index contributed by atoms with van der Waals surface area (Å²) in [4.78, 5) is 40.9. The lowest BCUT2D eigenvalue weighted by atomic mass is 9.91. The van der Waals surface area contributed by atoms with E-state index in [4.69, 9.17) is 28.3 Å². The van der Waals surface area contributed by atoms with E-state index < -0.39 is 23.8 Å². The van der Waals surface area contributed by atoms with Crippen LogP contribution in [0, 0.1) is 0 Å². The number of carbonyl (C=O) groups excluding carboxylic acids is 2. The second-order valence-electron chi connectivity index (χ2n) is 9.88. The molecule has 1 aliphatic heterocycles. The lowest BCUT2D eigenvalue weighted by Gasteiger charge is -2.33. The molecule has 0 saturated heterocycles. The van der Waals surface area contributed by atoms with Crippen LogP contribution in [0.1, 0.15) is 65.3 Å². The van der Waals surface area contributed by atoms with Gasteiger partial charge in [0, 0.05) is 39.1 Å². The minimum atomic E-state index is -2.42. The number of halogens is 2. The number of amides is 2. The molecule has 0 radical (unpaired) electrons. The quantitative estimate of drug-likeness (QED) is 0.128. The molecule has 236 valence electrons. The number of hydrogen-bond donors (Lipinski definition) is 3. The van der Waals surface area contributed by atoms with Gasteiger partial charge in [-0.3, -0.25) is 28.4 Å². The Bertz CT molecular complexity index is 1410. The molecule has 5 rings (SSSR count). The van der Waals surface area contributed by atoms with Gasteiger partial charge < -0.3 is 15.0 Å². The largest absolute Gasteiger partial charge is 0.760 e. The van der Waals surface area contributed by atoms with Crippen molar-refractivity contribution in [1.29, 1.82) is 0 Å². The van der Waals surface area contributed by atoms with E-state index in [-0.39, 0.29) is 18.0 Å². The molecule has 2 amide bonds. The maximum absolute atomic E-state index is 12.1. The third-order valence-electron chi connectivity index (χ3n) is 6.87. The summed E-state index contributed by atoms with van der Waals surface area (Å²) in [6.07, 6.45) is 7.52. The molecule has 0 spiro atoms. The number of nitrogens with one attached hydrogen (secondary N) is 2. The summed E-state index contributed by atoms with van der Waals surface area (Å²) in [6.45, 7) is -0.125. The molecule has 2 aliphatic rings. The molecule has 3 N–H and O–H groups in total. The topological polar surface area (TPSA) is 161 Å². The standard InChI is InChI=1S/C15H11Cl2NO.C8H15NO4S.C7H8N2O2/c16-10-5-6-12(13(17)8-10)14-7-9-3-1-2-4-11(9)15(19)18-14;10-8(11)6-9(14(12)13)7-4-2-1-3-5-7;10-6-9-11-5-7-3-1-2-4-8-7/h1-6,8,14H,7H2,(H,18,19);7H,1-6H2,(H,10,11)(H,12,13);1-4,6H,5H2,(H,9,10)/p-1/t14-;;/m1../s1. The van der Waals surface area contributed by atoms with Crippen LogP contribution in [0.3, 0.4) is 0 Å². The highest BCUT2D eigenvalue weighted by Crippen LogP contribution is 2.31. The summed E-state index contributed by atoms with van der Waals surface area (Å²) < 4.78 is 22.6. The van der Waals surface area contributed by atoms with Gasteiger partial charge in [0.05, 0.1) is 11.7 Å². The second kappa shape index (κ2) is 18.4. The minimum absolute atomic E-state index is 0.0575. The molecule has 2 aromatic carbocycles. The van der Waals surface area contributed by atoms with E-state index in [1.807, 2.05) is 48.5 Å². The summed E-state index contributed by atoms with van der Waals surface area (Å²) in [5.74, 6) is -1.15. The van der Waals surface area contributed by atoms with E-state index in [9.17, 15) is 23.1 Å². The van der Waals surface area contributed by atoms with Crippen molar-refractivity contribution < 1.29 is 33.1 Å². The van der Waals surface area contributed by atoms with Crippen LogP contribution in [0.25, 0.3) is 0 Å². The third-order valence-corrected chi connectivity index (χ3v) is 8.24. The van der Waals surface area contributed by atoms with Gasteiger partial charge in [-0.25, -0.2) is 9.79 Å². The number of nitrogens with zero attached hydrogens (tertiary/aromatic N) is 2. The van der Waals surface area contributed by atoms with Crippen LogP contribution in [-0.4, -0.2) is 54.0 Å². The highest BCUT2D eigenvalue weighted by atomic mass is 35.5. The molecule has 1 saturated carbocycles. The number of benzene rings is 2. The average Bonchev–Trinajstić information content (AvgIpc) is 3.01. The average molecular weight is 665 g/mol. The first kappa shape index (κ1) is 35.1. The predicted molar refractivity (Wildman–Crippen MR) is 165 cm³/mol. The van der Waals surface area contributed by atoms with E-state index >= 15 is 0 Å². The number of rotatable bonds is 9. The van der Waals surface area contributed by atoms with Crippen molar-refractivity contribution in [3.63, 3.8) is 0 Å². The zero-order valence-corrected chi connectivity index (χ0v) is 26.0. The lowest BCUT2D eigenvalue weighted by Crippen LogP contribution is -2.41. The van der Waals surface area contributed by atoms with Crippen molar-refractivity contribution >= 4 is 52.8 Å². The molecule has 44 heavy (non-hydrogen) atoms. The summed E-state index contributed by atoms with van der Waals surface area (Å²) in [5, 5.41) is 12.7. The smallest absolute Gasteiger partial charge is 0.318 e. The Morgan fingerprint density at radius 2 is 1.86 bits per heavy atom. The molecule has 1 aromatic heterocycles. The van der Waals surface area contributed by atoms with Crippen LogP contribution < -0.4 is 10.8 Å². The first-order chi connectivity index (χ1) is 21.2. The number of aliphatic carboxylic acids is 1. The van der Waals surface area contributed by atoms with Gasteiger partial charge in [-0.2, -0.15) is 0 Å². The normalized spacial score (nSPS) is 16.6. The van der Waals surface area contributed by atoms with Gasteiger partial charge in [0.2, 0.25) is 6.41 Å².